The first kappa shape index (κ1) is 11.8. The van der Waals surface area contributed by atoms with Gasteiger partial charge in [-0.25, -0.2) is 8.78 Å². The second-order valence-electron chi connectivity index (χ2n) is 5.06. The third-order valence-corrected chi connectivity index (χ3v) is 3.89. The molecule has 2 bridgehead atoms. The minimum atomic E-state index is -2.98. The summed E-state index contributed by atoms with van der Waals surface area (Å²) >= 11 is 0. The SMILES string of the molecule is NCC(F)(F)CNC(=O)C1CC2CCC1C2. The van der Waals surface area contributed by atoms with Crippen LogP contribution in [0.1, 0.15) is 25.7 Å². The number of hydrogen-bond donors (Lipinski definition) is 2. The van der Waals surface area contributed by atoms with Crippen molar-refractivity contribution in [1.29, 1.82) is 0 Å². The van der Waals surface area contributed by atoms with Crippen LogP contribution in [0.5, 0.6) is 0 Å². The molecule has 2 saturated carbocycles. The summed E-state index contributed by atoms with van der Waals surface area (Å²) in [5.74, 6) is -2.15. The predicted octanol–water partition coefficient (Wildman–Crippen LogP) is 1.13. The fourth-order valence-corrected chi connectivity index (χ4v) is 2.99. The molecule has 2 rings (SSSR count). The van der Waals surface area contributed by atoms with Gasteiger partial charge in [0.2, 0.25) is 5.91 Å². The highest BCUT2D eigenvalue weighted by Crippen LogP contribution is 2.48. The summed E-state index contributed by atoms with van der Waals surface area (Å²) in [6.07, 6.45) is 4.26. The molecule has 92 valence electrons. The van der Waals surface area contributed by atoms with Crippen molar-refractivity contribution in [2.24, 2.45) is 23.5 Å². The molecule has 0 heterocycles. The van der Waals surface area contributed by atoms with Gasteiger partial charge in [-0.3, -0.25) is 4.79 Å². The van der Waals surface area contributed by atoms with Crippen LogP contribution in [0, 0.1) is 17.8 Å². The molecule has 2 aliphatic carbocycles. The van der Waals surface area contributed by atoms with E-state index in [1.54, 1.807) is 0 Å². The number of nitrogens with one attached hydrogen (secondary N) is 1. The molecule has 3 unspecified atom stereocenters. The molecular weight excluding hydrogens is 214 g/mol. The fourth-order valence-electron chi connectivity index (χ4n) is 2.99. The molecule has 0 aromatic carbocycles. The Balaban J connectivity index is 1.81. The summed E-state index contributed by atoms with van der Waals surface area (Å²) in [5, 5.41) is 2.33. The van der Waals surface area contributed by atoms with Gasteiger partial charge < -0.3 is 11.1 Å². The first-order chi connectivity index (χ1) is 7.52. The maximum atomic E-state index is 12.8. The average Bonchev–Trinajstić information content (AvgIpc) is 2.87. The monoisotopic (exact) mass is 232 g/mol. The molecule has 2 aliphatic rings. The molecular formula is C11H18F2N2O. The summed E-state index contributed by atoms with van der Waals surface area (Å²) in [5.41, 5.74) is 4.91. The zero-order valence-electron chi connectivity index (χ0n) is 9.22. The van der Waals surface area contributed by atoms with Crippen LogP contribution in [0.3, 0.4) is 0 Å². The van der Waals surface area contributed by atoms with Crippen LogP contribution in [-0.4, -0.2) is 24.9 Å². The standard InChI is InChI=1S/C11H18F2N2O/c12-11(13,5-14)6-15-10(16)9-4-7-1-2-8(9)3-7/h7-9H,1-6,14H2,(H,15,16). The highest BCUT2D eigenvalue weighted by molar-refractivity contribution is 5.79. The van der Waals surface area contributed by atoms with E-state index >= 15 is 0 Å². The van der Waals surface area contributed by atoms with Gasteiger partial charge in [-0.15, -0.1) is 0 Å². The zero-order valence-corrected chi connectivity index (χ0v) is 9.22. The molecule has 0 radical (unpaired) electrons. The molecule has 0 spiro atoms. The van der Waals surface area contributed by atoms with Crippen molar-refractivity contribution in [1.82, 2.24) is 5.32 Å². The van der Waals surface area contributed by atoms with Crippen LogP contribution in [0.2, 0.25) is 0 Å². The minimum absolute atomic E-state index is 0.0349. The Kier molecular flexibility index (Phi) is 3.15. The lowest BCUT2D eigenvalue weighted by Gasteiger charge is -2.22. The summed E-state index contributed by atoms with van der Waals surface area (Å²) in [7, 11) is 0. The first-order valence-corrected chi connectivity index (χ1v) is 5.87. The van der Waals surface area contributed by atoms with E-state index < -0.39 is 19.0 Å². The highest BCUT2D eigenvalue weighted by Gasteiger charge is 2.43. The van der Waals surface area contributed by atoms with E-state index in [0.29, 0.717) is 11.8 Å². The number of carbonyl (C=O) groups excluding carboxylic acids is 1. The molecule has 0 aliphatic heterocycles. The van der Waals surface area contributed by atoms with E-state index in [0.717, 1.165) is 19.3 Å². The molecule has 2 fully saturated rings. The van der Waals surface area contributed by atoms with Gasteiger partial charge in [0.25, 0.3) is 5.92 Å². The number of alkyl halides is 2. The normalized spacial score (nSPS) is 33.1. The van der Waals surface area contributed by atoms with Gasteiger partial charge in [0.1, 0.15) is 0 Å². The Morgan fingerprint density at radius 3 is 2.62 bits per heavy atom. The molecule has 0 aromatic heterocycles. The van der Waals surface area contributed by atoms with Crippen molar-refractivity contribution in [2.75, 3.05) is 13.1 Å². The van der Waals surface area contributed by atoms with Crippen molar-refractivity contribution in [2.45, 2.75) is 31.6 Å². The summed E-state index contributed by atoms with van der Waals surface area (Å²) in [6.45, 7) is -1.35. The molecule has 3 atom stereocenters. The Bertz CT molecular complexity index is 283. The Morgan fingerprint density at radius 1 is 1.38 bits per heavy atom. The van der Waals surface area contributed by atoms with Gasteiger partial charge in [-0.2, -0.15) is 0 Å². The highest BCUT2D eigenvalue weighted by atomic mass is 19.3. The lowest BCUT2D eigenvalue weighted by molar-refractivity contribution is -0.128. The molecule has 3 nitrogen and oxygen atoms in total. The number of amides is 1. The summed E-state index contributed by atoms with van der Waals surface area (Å²) in [6, 6.07) is 0. The smallest absolute Gasteiger partial charge is 0.277 e. The third kappa shape index (κ3) is 2.34. The van der Waals surface area contributed by atoms with Crippen LogP contribution < -0.4 is 11.1 Å². The lowest BCUT2D eigenvalue weighted by Crippen LogP contribution is -2.44. The van der Waals surface area contributed by atoms with Crippen LogP contribution in [0.25, 0.3) is 0 Å². The third-order valence-electron chi connectivity index (χ3n) is 3.89. The van der Waals surface area contributed by atoms with Crippen LogP contribution in [0.15, 0.2) is 0 Å². The molecule has 0 aromatic rings. The van der Waals surface area contributed by atoms with Crippen LogP contribution in [-0.2, 0) is 4.79 Å². The number of rotatable bonds is 4. The molecule has 1 amide bonds. The maximum absolute atomic E-state index is 12.8. The van der Waals surface area contributed by atoms with E-state index in [1.165, 1.54) is 6.42 Å². The Labute approximate surface area is 93.8 Å². The van der Waals surface area contributed by atoms with Gasteiger partial charge in [-0.1, -0.05) is 6.42 Å². The quantitative estimate of drug-likeness (QED) is 0.763. The molecule has 3 N–H and O–H groups in total. The summed E-state index contributed by atoms with van der Waals surface area (Å²) in [4.78, 5) is 11.7. The minimum Gasteiger partial charge on any atom is -0.350 e. The number of fused-ring (bicyclic) bond motifs is 2. The topological polar surface area (TPSA) is 55.1 Å². The van der Waals surface area contributed by atoms with Crippen molar-refractivity contribution < 1.29 is 13.6 Å². The van der Waals surface area contributed by atoms with Gasteiger partial charge in [0.05, 0.1) is 13.1 Å². The Hall–Kier alpha value is -0.710. The van der Waals surface area contributed by atoms with Crippen molar-refractivity contribution in [3.05, 3.63) is 0 Å². The van der Waals surface area contributed by atoms with Gasteiger partial charge >= 0.3 is 0 Å². The number of nitrogens with two attached hydrogens (primary N) is 1. The number of carbonyl (C=O) groups is 1. The van der Waals surface area contributed by atoms with Gasteiger partial charge in [0, 0.05) is 5.92 Å². The largest absolute Gasteiger partial charge is 0.350 e. The molecule has 5 heteroatoms. The van der Waals surface area contributed by atoms with Crippen LogP contribution >= 0.6 is 0 Å². The zero-order chi connectivity index (χ0) is 11.8. The van der Waals surface area contributed by atoms with Gasteiger partial charge in [0.15, 0.2) is 0 Å². The second kappa shape index (κ2) is 4.28. The molecule has 16 heavy (non-hydrogen) atoms. The van der Waals surface area contributed by atoms with E-state index in [-0.39, 0.29) is 11.8 Å². The number of hydrogen-bond acceptors (Lipinski definition) is 2. The van der Waals surface area contributed by atoms with E-state index in [9.17, 15) is 13.6 Å². The van der Waals surface area contributed by atoms with Crippen molar-refractivity contribution in [3.8, 4) is 0 Å². The van der Waals surface area contributed by atoms with E-state index in [1.807, 2.05) is 0 Å². The predicted molar refractivity (Wildman–Crippen MR) is 55.9 cm³/mol. The van der Waals surface area contributed by atoms with Crippen molar-refractivity contribution >= 4 is 5.91 Å². The number of halogens is 2. The van der Waals surface area contributed by atoms with Crippen molar-refractivity contribution in [3.63, 3.8) is 0 Å². The Morgan fingerprint density at radius 2 is 2.12 bits per heavy atom. The van der Waals surface area contributed by atoms with Gasteiger partial charge in [-0.05, 0) is 31.1 Å². The first-order valence-electron chi connectivity index (χ1n) is 5.87. The fraction of sp³-hybridized carbons (Fsp3) is 0.909. The lowest BCUT2D eigenvalue weighted by atomic mass is 9.88. The maximum Gasteiger partial charge on any atom is 0.277 e. The van der Waals surface area contributed by atoms with E-state index in [4.69, 9.17) is 5.73 Å². The van der Waals surface area contributed by atoms with E-state index in [2.05, 4.69) is 5.32 Å². The molecule has 0 saturated heterocycles. The average molecular weight is 232 g/mol. The van der Waals surface area contributed by atoms with Crippen LogP contribution in [0.4, 0.5) is 8.78 Å². The summed E-state index contributed by atoms with van der Waals surface area (Å²) < 4.78 is 25.7. The second-order valence-corrected chi connectivity index (χ2v) is 5.06.